The summed E-state index contributed by atoms with van der Waals surface area (Å²) < 4.78 is 0.721. The van der Waals surface area contributed by atoms with Gasteiger partial charge in [-0.3, -0.25) is 0 Å². The van der Waals surface area contributed by atoms with Crippen molar-refractivity contribution in [2.24, 2.45) is 0 Å². The van der Waals surface area contributed by atoms with Gasteiger partial charge in [0.05, 0.1) is 10.6 Å². The Morgan fingerprint density at radius 1 is 1.70 bits per heavy atom. The first-order valence-electron chi connectivity index (χ1n) is 2.45. The minimum Gasteiger partial charge on any atom is -0.247 e. The molecule has 0 aliphatic rings. The highest BCUT2D eigenvalue weighted by Gasteiger charge is 1.97. The first-order valence-corrected chi connectivity index (χ1v) is 3.91. The minimum atomic E-state index is 0.491. The molecule has 4 heteroatoms. The van der Waals surface area contributed by atoms with E-state index >= 15 is 0 Å². The molecule has 0 fully saturated rings. The summed E-state index contributed by atoms with van der Waals surface area (Å²) in [4.78, 5) is 3.88. The SMILES string of the molecule is N#Cc1cnc(I)c(Cl)c1. The maximum absolute atomic E-state index is 8.40. The van der Waals surface area contributed by atoms with Gasteiger partial charge in [-0.15, -0.1) is 0 Å². The largest absolute Gasteiger partial charge is 0.247 e. The van der Waals surface area contributed by atoms with E-state index in [0.29, 0.717) is 10.6 Å². The van der Waals surface area contributed by atoms with Crippen LogP contribution in [-0.2, 0) is 0 Å². The fourth-order valence-electron chi connectivity index (χ4n) is 0.482. The number of nitrogens with zero attached hydrogens (tertiary/aromatic N) is 2. The summed E-state index contributed by atoms with van der Waals surface area (Å²) in [5.74, 6) is 0. The third-order valence-corrected chi connectivity index (χ3v) is 2.39. The molecule has 1 rings (SSSR count). The van der Waals surface area contributed by atoms with Crippen molar-refractivity contribution in [1.82, 2.24) is 4.98 Å². The molecule has 0 saturated carbocycles. The minimum absolute atomic E-state index is 0.491. The second kappa shape index (κ2) is 3.17. The summed E-state index contributed by atoms with van der Waals surface area (Å²) in [5.41, 5.74) is 0.491. The van der Waals surface area contributed by atoms with Crippen LogP contribution in [0.2, 0.25) is 5.02 Å². The Bertz CT molecular complexity index is 292. The number of aromatic nitrogens is 1. The van der Waals surface area contributed by atoms with Gasteiger partial charge in [-0.1, -0.05) is 11.6 Å². The van der Waals surface area contributed by atoms with E-state index in [1.54, 1.807) is 6.07 Å². The number of halogens is 2. The van der Waals surface area contributed by atoms with E-state index in [1.165, 1.54) is 6.20 Å². The first kappa shape index (κ1) is 7.76. The monoisotopic (exact) mass is 264 g/mol. The van der Waals surface area contributed by atoms with E-state index in [9.17, 15) is 0 Å². The highest BCUT2D eigenvalue weighted by Crippen LogP contribution is 2.15. The summed E-state index contributed by atoms with van der Waals surface area (Å²) in [5, 5.41) is 8.93. The van der Waals surface area contributed by atoms with E-state index in [1.807, 2.05) is 28.7 Å². The number of rotatable bonds is 0. The molecule has 1 aromatic rings. The van der Waals surface area contributed by atoms with Gasteiger partial charge in [0.1, 0.15) is 9.77 Å². The van der Waals surface area contributed by atoms with Crippen LogP contribution in [0.15, 0.2) is 12.3 Å². The zero-order valence-corrected chi connectivity index (χ0v) is 7.72. The van der Waals surface area contributed by atoms with Crippen molar-refractivity contribution in [3.63, 3.8) is 0 Å². The Balaban J connectivity index is 3.20. The molecule has 1 heterocycles. The van der Waals surface area contributed by atoms with Crippen molar-refractivity contribution in [3.8, 4) is 6.07 Å². The summed E-state index contributed by atoms with van der Waals surface area (Å²) in [7, 11) is 0. The van der Waals surface area contributed by atoms with Crippen LogP contribution >= 0.6 is 34.2 Å². The highest BCUT2D eigenvalue weighted by molar-refractivity contribution is 14.1. The molecular formula is C6H2ClIN2. The molecule has 0 atom stereocenters. The average Bonchev–Trinajstić information content (AvgIpc) is 1.95. The maximum atomic E-state index is 8.40. The van der Waals surface area contributed by atoms with Gasteiger partial charge < -0.3 is 0 Å². The molecule has 0 radical (unpaired) electrons. The highest BCUT2D eigenvalue weighted by atomic mass is 127. The van der Waals surface area contributed by atoms with Gasteiger partial charge in [-0.05, 0) is 28.7 Å². The van der Waals surface area contributed by atoms with Crippen molar-refractivity contribution in [1.29, 1.82) is 5.26 Å². The van der Waals surface area contributed by atoms with E-state index in [2.05, 4.69) is 4.98 Å². The van der Waals surface area contributed by atoms with Crippen molar-refractivity contribution in [2.75, 3.05) is 0 Å². The molecule has 50 valence electrons. The zero-order valence-electron chi connectivity index (χ0n) is 4.81. The summed E-state index contributed by atoms with van der Waals surface area (Å²) in [6.07, 6.45) is 1.49. The number of hydrogen-bond donors (Lipinski definition) is 0. The smallest absolute Gasteiger partial charge is 0.119 e. The lowest BCUT2D eigenvalue weighted by molar-refractivity contribution is 1.25. The third kappa shape index (κ3) is 1.58. The molecule has 0 bridgehead atoms. The van der Waals surface area contributed by atoms with Crippen LogP contribution in [0.4, 0.5) is 0 Å². The van der Waals surface area contributed by atoms with E-state index in [-0.39, 0.29) is 0 Å². The van der Waals surface area contributed by atoms with E-state index in [4.69, 9.17) is 16.9 Å². The fourth-order valence-corrected chi connectivity index (χ4v) is 0.944. The Morgan fingerprint density at radius 3 is 2.90 bits per heavy atom. The Labute approximate surface area is 77.0 Å². The number of hydrogen-bond acceptors (Lipinski definition) is 2. The van der Waals surface area contributed by atoms with Crippen LogP contribution in [-0.4, -0.2) is 4.98 Å². The fraction of sp³-hybridized carbons (Fsp3) is 0. The van der Waals surface area contributed by atoms with Gasteiger partial charge in [-0.2, -0.15) is 5.26 Å². The molecule has 0 N–H and O–H groups in total. The van der Waals surface area contributed by atoms with Gasteiger partial charge in [0, 0.05) is 6.20 Å². The molecular weight excluding hydrogens is 262 g/mol. The summed E-state index contributed by atoms with van der Waals surface area (Å²) >= 11 is 7.68. The molecule has 0 aromatic carbocycles. The molecule has 0 saturated heterocycles. The lowest BCUT2D eigenvalue weighted by atomic mass is 10.3. The van der Waals surface area contributed by atoms with Crippen LogP contribution in [0.1, 0.15) is 5.56 Å². The number of pyridine rings is 1. The Kier molecular flexibility index (Phi) is 2.46. The van der Waals surface area contributed by atoms with Crippen molar-refractivity contribution in [2.45, 2.75) is 0 Å². The normalized spacial score (nSPS) is 8.90. The predicted molar refractivity (Wildman–Crippen MR) is 46.7 cm³/mol. The molecule has 0 aliphatic carbocycles. The van der Waals surface area contributed by atoms with Gasteiger partial charge in [0.25, 0.3) is 0 Å². The third-order valence-electron chi connectivity index (χ3n) is 0.925. The van der Waals surface area contributed by atoms with Crippen molar-refractivity contribution >= 4 is 34.2 Å². The molecule has 0 unspecified atom stereocenters. The van der Waals surface area contributed by atoms with Crippen molar-refractivity contribution < 1.29 is 0 Å². The summed E-state index contributed by atoms with van der Waals surface area (Å²) in [6, 6.07) is 3.54. The predicted octanol–water partition coefficient (Wildman–Crippen LogP) is 2.21. The van der Waals surface area contributed by atoms with E-state index in [0.717, 1.165) is 3.70 Å². The van der Waals surface area contributed by atoms with E-state index < -0.39 is 0 Å². The topological polar surface area (TPSA) is 36.7 Å². The second-order valence-electron chi connectivity index (χ2n) is 1.61. The summed E-state index contributed by atoms with van der Waals surface area (Å²) in [6.45, 7) is 0. The zero-order chi connectivity index (χ0) is 7.56. The van der Waals surface area contributed by atoms with Crippen LogP contribution in [0.25, 0.3) is 0 Å². The van der Waals surface area contributed by atoms with Gasteiger partial charge in [0.15, 0.2) is 0 Å². The van der Waals surface area contributed by atoms with Gasteiger partial charge in [-0.25, -0.2) is 4.98 Å². The average molecular weight is 264 g/mol. The molecule has 2 nitrogen and oxygen atoms in total. The van der Waals surface area contributed by atoms with Gasteiger partial charge in [0.2, 0.25) is 0 Å². The number of nitriles is 1. The van der Waals surface area contributed by atoms with Gasteiger partial charge >= 0.3 is 0 Å². The lowest BCUT2D eigenvalue weighted by Gasteiger charge is -1.92. The molecule has 0 aliphatic heterocycles. The van der Waals surface area contributed by atoms with Crippen LogP contribution in [0.5, 0.6) is 0 Å². The van der Waals surface area contributed by atoms with Crippen LogP contribution < -0.4 is 0 Å². The lowest BCUT2D eigenvalue weighted by Crippen LogP contribution is -1.82. The second-order valence-corrected chi connectivity index (χ2v) is 3.04. The Hall–Kier alpha value is -0.340. The van der Waals surface area contributed by atoms with Crippen LogP contribution in [0.3, 0.4) is 0 Å². The Morgan fingerprint density at radius 2 is 2.40 bits per heavy atom. The molecule has 10 heavy (non-hydrogen) atoms. The van der Waals surface area contributed by atoms with Crippen molar-refractivity contribution in [3.05, 3.63) is 26.5 Å². The maximum Gasteiger partial charge on any atom is 0.119 e. The molecule has 1 aromatic heterocycles. The quantitative estimate of drug-likeness (QED) is 0.532. The molecule has 0 spiro atoms. The molecule has 0 amide bonds. The van der Waals surface area contributed by atoms with Crippen LogP contribution in [0, 0.1) is 15.0 Å². The first-order chi connectivity index (χ1) is 4.74. The standard InChI is InChI=1S/C6H2ClIN2/c7-5-1-4(2-9)3-10-6(5)8/h1,3H.